The van der Waals surface area contributed by atoms with Crippen LogP contribution >= 0.6 is 0 Å². The molecule has 0 saturated carbocycles. The van der Waals surface area contributed by atoms with Crippen LogP contribution in [0.2, 0.25) is 0 Å². The zero-order valence-electron chi connectivity index (χ0n) is 30.9. The fraction of sp³-hybridized carbons (Fsp3) is 0.111. The molecule has 0 N–H and O–H groups in total. The number of carbonyl (C=O) groups excluding carboxylic acids is 4. The van der Waals surface area contributed by atoms with Crippen molar-refractivity contribution in [3.63, 3.8) is 0 Å². The molecular formula is C45H34O12. The van der Waals surface area contributed by atoms with Gasteiger partial charge in [0.05, 0.1) is 47.6 Å². The maximum Gasteiger partial charge on any atom is 0.343 e. The van der Waals surface area contributed by atoms with Gasteiger partial charge >= 0.3 is 23.9 Å². The second-order valence-electron chi connectivity index (χ2n) is 12.6. The van der Waals surface area contributed by atoms with Crippen molar-refractivity contribution in [3.8, 4) is 57.1 Å². The van der Waals surface area contributed by atoms with Gasteiger partial charge in [-0.25, -0.2) is 19.2 Å². The Morgan fingerprint density at radius 1 is 0.456 bits per heavy atom. The number of carbonyl (C=O) groups is 4. The van der Waals surface area contributed by atoms with Gasteiger partial charge in [-0.3, -0.25) is 0 Å². The Bertz CT molecular complexity index is 2420. The average Bonchev–Trinajstić information content (AvgIpc) is 3.23. The number of esters is 4. The second kappa shape index (κ2) is 16.8. The van der Waals surface area contributed by atoms with E-state index in [0.717, 1.165) is 0 Å². The first-order chi connectivity index (χ1) is 27.7. The summed E-state index contributed by atoms with van der Waals surface area (Å²) in [5, 5.41) is 0. The van der Waals surface area contributed by atoms with Crippen molar-refractivity contribution in [1.29, 1.82) is 0 Å². The van der Waals surface area contributed by atoms with E-state index in [1.165, 1.54) is 62.8 Å². The van der Waals surface area contributed by atoms with Gasteiger partial charge in [0, 0.05) is 0 Å². The molecule has 0 aromatic heterocycles. The lowest BCUT2D eigenvalue weighted by atomic mass is 10.00. The van der Waals surface area contributed by atoms with Gasteiger partial charge in [0.15, 0.2) is 0 Å². The van der Waals surface area contributed by atoms with Crippen molar-refractivity contribution in [3.05, 3.63) is 156 Å². The van der Waals surface area contributed by atoms with Crippen molar-refractivity contribution >= 4 is 23.9 Å². The maximum atomic E-state index is 13.6. The third kappa shape index (κ3) is 8.71. The molecule has 0 saturated heterocycles. The average molecular weight is 767 g/mol. The molecule has 1 aliphatic rings. The van der Waals surface area contributed by atoms with Crippen LogP contribution in [0.3, 0.4) is 0 Å². The second-order valence-corrected chi connectivity index (χ2v) is 12.6. The molecule has 0 fully saturated rings. The number of benzene rings is 6. The van der Waals surface area contributed by atoms with E-state index in [4.69, 9.17) is 37.9 Å². The van der Waals surface area contributed by atoms with Crippen LogP contribution in [0.15, 0.2) is 133 Å². The number of hydrogen-bond donors (Lipinski definition) is 0. The highest BCUT2D eigenvalue weighted by Crippen LogP contribution is 2.49. The summed E-state index contributed by atoms with van der Waals surface area (Å²) in [4.78, 5) is 52.4. The van der Waals surface area contributed by atoms with Gasteiger partial charge in [0.2, 0.25) is 0 Å². The van der Waals surface area contributed by atoms with Crippen LogP contribution < -0.4 is 37.9 Å². The monoisotopic (exact) mass is 766 g/mol. The minimum atomic E-state index is -0.712. The maximum absolute atomic E-state index is 13.6. The third-order valence-electron chi connectivity index (χ3n) is 8.69. The summed E-state index contributed by atoms with van der Waals surface area (Å²) >= 11 is 0. The smallest absolute Gasteiger partial charge is 0.343 e. The molecule has 286 valence electrons. The first-order valence-electron chi connectivity index (χ1n) is 17.6. The van der Waals surface area contributed by atoms with Crippen LogP contribution in [0.1, 0.15) is 48.4 Å². The summed E-state index contributed by atoms with van der Waals surface area (Å²) in [5.41, 5.74) is 1.64. The zero-order valence-corrected chi connectivity index (χ0v) is 30.9. The molecule has 6 aromatic carbocycles. The molecule has 1 unspecified atom stereocenters. The standard InChI is InChI=1S/C45H34O12/c1-27-26-52-36-6-4-8-38(56-44(48)30-14-22-34(23-15-30)54-42(46)28-10-18-32(50-2)19-11-28)40(36)41-37(53-27)7-5-9-39(41)57-45(49)31-16-24-35(25-17-31)55-43(47)29-12-20-33(51-3)21-13-29/h4-25,27H,26H2,1-3H3. The number of ether oxygens (including phenoxy) is 8. The Balaban J connectivity index is 1.10. The Hall–Kier alpha value is -7.60. The molecule has 1 aliphatic heterocycles. The lowest BCUT2D eigenvalue weighted by molar-refractivity contribution is 0.0717. The molecule has 0 bridgehead atoms. The highest BCUT2D eigenvalue weighted by molar-refractivity contribution is 5.97. The van der Waals surface area contributed by atoms with Gasteiger partial charge in [-0.2, -0.15) is 0 Å². The Morgan fingerprint density at radius 3 is 1.21 bits per heavy atom. The molecule has 0 aliphatic carbocycles. The van der Waals surface area contributed by atoms with Crippen LogP contribution in [-0.4, -0.2) is 50.8 Å². The highest BCUT2D eigenvalue weighted by atomic mass is 16.6. The van der Waals surface area contributed by atoms with E-state index in [2.05, 4.69) is 0 Å². The molecule has 12 nitrogen and oxygen atoms in total. The summed E-state index contributed by atoms with van der Waals surface area (Å²) in [6.07, 6.45) is -0.389. The van der Waals surface area contributed by atoms with E-state index in [1.54, 1.807) is 84.9 Å². The normalized spacial score (nSPS) is 12.8. The third-order valence-corrected chi connectivity index (χ3v) is 8.69. The molecule has 1 heterocycles. The van der Waals surface area contributed by atoms with Crippen LogP contribution in [0.4, 0.5) is 0 Å². The largest absolute Gasteiger partial charge is 0.497 e. The van der Waals surface area contributed by atoms with E-state index in [0.29, 0.717) is 45.3 Å². The van der Waals surface area contributed by atoms with E-state index in [9.17, 15) is 19.2 Å². The van der Waals surface area contributed by atoms with Gasteiger partial charge in [-0.15, -0.1) is 0 Å². The number of hydrogen-bond acceptors (Lipinski definition) is 12. The summed E-state index contributed by atoms with van der Waals surface area (Å²) in [7, 11) is 3.06. The summed E-state index contributed by atoms with van der Waals surface area (Å²) in [6.45, 7) is 2.01. The highest BCUT2D eigenvalue weighted by Gasteiger charge is 2.28. The van der Waals surface area contributed by atoms with Gasteiger partial charge in [-0.1, -0.05) is 12.1 Å². The van der Waals surface area contributed by atoms with Crippen molar-refractivity contribution in [2.24, 2.45) is 0 Å². The van der Waals surface area contributed by atoms with Gasteiger partial charge < -0.3 is 37.9 Å². The zero-order chi connectivity index (χ0) is 39.9. The lowest BCUT2D eigenvalue weighted by Gasteiger charge is -2.26. The number of fused-ring (bicyclic) bond motifs is 3. The van der Waals surface area contributed by atoms with E-state index < -0.39 is 23.9 Å². The van der Waals surface area contributed by atoms with Crippen molar-refractivity contribution in [2.45, 2.75) is 13.0 Å². The van der Waals surface area contributed by atoms with Crippen molar-refractivity contribution < 1.29 is 57.1 Å². The van der Waals surface area contributed by atoms with Crippen LogP contribution in [-0.2, 0) is 0 Å². The lowest BCUT2D eigenvalue weighted by Crippen LogP contribution is -2.23. The quantitative estimate of drug-likeness (QED) is 0.0976. The minimum absolute atomic E-state index is 0.109. The predicted octanol–water partition coefficient (Wildman–Crippen LogP) is 8.41. The minimum Gasteiger partial charge on any atom is -0.497 e. The SMILES string of the molecule is COc1ccc(C(=O)Oc2ccc(C(=O)Oc3cccc4c3-c3c(OC(=O)c5ccc(OC(=O)c6ccc(OC)cc6)cc5)cccc3OC(C)CO4)cc2)cc1. The first-order valence-corrected chi connectivity index (χ1v) is 17.6. The Labute approximate surface area is 327 Å². The van der Waals surface area contributed by atoms with Gasteiger partial charge in [0.1, 0.15) is 58.7 Å². The molecule has 0 radical (unpaired) electrons. The molecule has 6 aromatic rings. The van der Waals surface area contributed by atoms with Crippen LogP contribution in [0, 0.1) is 0 Å². The van der Waals surface area contributed by atoms with Crippen LogP contribution in [0.5, 0.6) is 46.0 Å². The molecule has 1 atom stereocenters. The van der Waals surface area contributed by atoms with Crippen LogP contribution in [0.25, 0.3) is 11.1 Å². The molecule has 0 amide bonds. The summed E-state index contributed by atoms with van der Waals surface area (Å²) in [5.74, 6) is 0.0203. The fourth-order valence-corrected chi connectivity index (χ4v) is 5.78. The van der Waals surface area contributed by atoms with Gasteiger partial charge in [-0.05, 0) is 128 Å². The Morgan fingerprint density at radius 2 is 0.807 bits per heavy atom. The number of rotatable bonds is 10. The molecule has 57 heavy (non-hydrogen) atoms. The fourth-order valence-electron chi connectivity index (χ4n) is 5.78. The van der Waals surface area contributed by atoms with Crippen molar-refractivity contribution in [1.82, 2.24) is 0 Å². The number of methoxy groups -OCH3 is 2. The first kappa shape index (κ1) is 37.7. The van der Waals surface area contributed by atoms with Gasteiger partial charge in [0.25, 0.3) is 0 Å². The Kier molecular flexibility index (Phi) is 11.1. The molecule has 0 spiro atoms. The molecule has 12 heteroatoms. The van der Waals surface area contributed by atoms with E-state index >= 15 is 0 Å². The molecular weight excluding hydrogens is 732 g/mol. The van der Waals surface area contributed by atoms with E-state index in [-0.39, 0.29) is 46.8 Å². The molecule has 7 rings (SSSR count). The summed E-state index contributed by atoms with van der Waals surface area (Å²) in [6, 6.07) is 34.7. The topological polar surface area (TPSA) is 142 Å². The van der Waals surface area contributed by atoms with E-state index in [1.807, 2.05) is 6.92 Å². The summed E-state index contributed by atoms with van der Waals surface area (Å²) < 4.78 is 45.4. The predicted molar refractivity (Wildman–Crippen MR) is 206 cm³/mol. The van der Waals surface area contributed by atoms with Crippen molar-refractivity contribution in [2.75, 3.05) is 20.8 Å².